The third-order valence-corrected chi connectivity index (χ3v) is 3.44. The first-order chi connectivity index (χ1) is 9.63. The van der Waals surface area contributed by atoms with Crippen LogP contribution in [0, 0.1) is 0 Å². The van der Waals surface area contributed by atoms with Crippen molar-refractivity contribution in [3.05, 3.63) is 23.8 Å². The fourth-order valence-electron chi connectivity index (χ4n) is 2.24. The number of carbonyl (C=O) groups excluding carboxylic acids is 1. The number of ether oxygens (including phenoxy) is 2. The molecule has 0 radical (unpaired) electrons. The van der Waals surface area contributed by atoms with Crippen LogP contribution in [-0.4, -0.2) is 45.9 Å². The third kappa shape index (κ3) is 3.29. The Morgan fingerprint density at radius 2 is 2.20 bits per heavy atom. The lowest BCUT2D eigenvalue weighted by Gasteiger charge is -2.30. The highest BCUT2D eigenvalue weighted by Gasteiger charge is 2.28. The molecule has 1 heterocycles. The SMILES string of the molecule is COCCNCCc1ccc2c(c1)N(C)C(=O)C(C)O2. The van der Waals surface area contributed by atoms with Gasteiger partial charge in [0.1, 0.15) is 5.75 Å². The monoisotopic (exact) mass is 278 g/mol. The molecule has 110 valence electrons. The first kappa shape index (κ1) is 14.8. The molecule has 1 amide bonds. The number of hydrogen-bond donors (Lipinski definition) is 1. The molecule has 5 heteroatoms. The van der Waals surface area contributed by atoms with Crippen molar-refractivity contribution in [3.63, 3.8) is 0 Å². The van der Waals surface area contributed by atoms with Crippen LogP contribution in [0.2, 0.25) is 0 Å². The predicted molar refractivity (Wildman–Crippen MR) is 78.4 cm³/mol. The number of benzene rings is 1. The van der Waals surface area contributed by atoms with Gasteiger partial charge >= 0.3 is 0 Å². The summed E-state index contributed by atoms with van der Waals surface area (Å²) in [7, 11) is 3.49. The van der Waals surface area contributed by atoms with Crippen LogP contribution in [0.1, 0.15) is 12.5 Å². The zero-order chi connectivity index (χ0) is 14.5. The molecule has 1 aromatic carbocycles. The van der Waals surface area contributed by atoms with Crippen LogP contribution in [0.15, 0.2) is 18.2 Å². The van der Waals surface area contributed by atoms with Crippen LogP contribution >= 0.6 is 0 Å². The maximum atomic E-state index is 11.9. The molecule has 1 unspecified atom stereocenters. The van der Waals surface area contributed by atoms with Crippen molar-refractivity contribution in [2.24, 2.45) is 0 Å². The minimum atomic E-state index is -0.408. The average Bonchev–Trinajstić information content (AvgIpc) is 2.45. The van der Waals surface area contributed by atoms with Crippen LogP contribution in [-0.2, 0) is 16.0 Å². The summed E-state index contributed by atoms with van der Waals surface area (Å²) in [5.41, 5.74) is 2.04. The molecule has 0 aliphatic carbocycles. The molecule has 1 atom stereocenters. The van der Waals surface area contributed by atoms with Gasteiger partial charge in [-0.2, -0.15) is 0 Å². The summed E-state index contributed by atoms with van der Waals surface area (Å²) < 4.78 is 10.6. The van der Waals surface area contributed by atoms with Gasteiger partial charge in [-0.05, 0) is 37.6 Å². The molecule has 0 spiro atoms. The molecule has 0 aromatic heterocycles. The Kier molecular flexibility index (Phi) is 4.98. The molecule has 0 saturated heterocycles. The highest BCUT2D eigenvalue weighted by atomic mass is 16.5. The van der Waals surface area contributed by atoms with Crippen molar-refractivity contribution in [2.45, 2.75) is 19.4 Å². The molecule has 20 heavy (non-hydrogen) atoms. The number of anilines is 1. The van der Waals surface area contributed by atoms with Gasteiger partial charge in [-0.1, -0.05) is 6.07 Å². The van der Waals surface area contributed by atoms with E-state index in [2.05, 4.69) is 5.32 Å². The molecule has 0 bridgehead atoms. The van der Waals surface area contributed by atoms with Crippen molar-refractivity contribution >= 4 is 11.6 Å². The highest BCUT2D eigenvalue weighted by molar-refractivity contribution is 5.99. The van der Waals surface area contributed by atoms with Gasteiger partial charge in [0, 0.05) is 20.7 Å². The van der Waals surface area contributed by atoms with Crippen LogP contribution in [0.4, 0.5) is 5.69 Å². The van der Waals surface area contributed by atoms with E-state index in [4.69, 9.17) is 9.47 Å². The first-order valence-corrected chi connectivity index (χ1v) is 6.90. The van der Waals surface area contributed by atoms with Gasteiger partial charge < -0.3 is 19.7 Å². The van der Waals surface area contributed by atoms with Gasteiger partial charge in [-0.15, -0.1) is 0 Å². The quantitative estimate of drug-likeness (QED) is 0.795. The Hall–Kier alpha value is -1.59. The van der Waals surface area contributed by atoms with Gasteiger partial charge in [0.15, 0.2) is 6.10 Å². The largest absolute Gasteiger partial charge is 0.479 e. The van der Waals surface area contributed by atoms with Crippen LogP contribution < -0.4 is 15.0 Å². The number of nitrogens with zero attached hydrogens (tertiary/aromatic N) is 1. The molecular weight excluding hydrogens is 256 g/mol. The van der Waals surface area contributed by atoms with Crippen LogP contribution in [0.3, 0.4) is 0 Å². The Labute approximate surface area is 119 Å². The summed E-state index contributed by atoms with van der Waals surface area (Å²) in [6, 6.07) is 6.02. The molecule has 5 nitrogen and oxygen atoms in total. The van der Waals surface area contributed by atoms with E-state index in [1.54, 1.807) is 26.0 Å². The van der Waals surface area contributed by atoms with Gasteiger partial charge in [-0.3, -0.25) is 4.79 Å². The van der Waals surface area contributed by atoms with Gasteiger partial charge in [0.05, 0.1) is 12.3 Å². The van der Waals surface area contributed by atoms with Gasteiger partial charge in [0.2, 0.25) is 0 Å². The Morgan fingerprint density at radius 3 is 2.95 bits per heavy atom. The van der Waals surface area contributed by atoms with Crippen LogP contribution in [0.5, 0.6) is 5.75 Å². The summed E-state index contributed by atoms with van der Waals surface area (Å²) in [5, 5.41) is 3.31. The molecular formula is C15H22N2O3. The number of hydrogen-bond acceptors (Lipinski definition) is 4. The topological polar surface area (TPSA) is 50.8 Å². The lowest BCUT2D eigenvalue weighted by molar-refractivity contribution is -0.125. The van der Waals surface area contributed by atoms with E-state index in [9.17, 15) is 4.79 Å². The minimum Gasteiger partial charge on any atom is -0.479 e. The standard InChI is InChI=1S/C15H22N2O3/c1-11-15(18)17(2)13-10-12(4-5-14(13)20-11)6-7-16-8-9-19-3/h4-5,10-11,16H,6-9H2,1-3H3. The number of amides is 1. The van der Waals surface area contributed by atoms with E-state index in [-0.39, 0.29) is 5.91 Å². The molecule has 1 aliphatic rings. The van der Waals surface area contributed by atoms with E-state index in [0.29, 0.717) is 6.61 Å². The number of likely N-dealkylation sites (N-methyl/N-ethyl adjacent to an activating group) is 1. The van der Waals surface area contributed by atoms with E-state index in [0.717, 1.165) is 30.9 Å². The third-order valence-electron chi connectivity index (χ3n) is 3.44. The summed E-state index contributed by atoms with van der Waals surface area (Å²) >= 11 is 0. The predicted octanol–water partition coefficient (Wildman–Crippen LogP) is 1.21. The van der Waals surface area contributed by atoms with E-state index in [1.165, 1.54) is 5.56 Å². The fourth-order valence-corrected chi connectivity index (χ4v) is 2.24. The van der Waals surface area contributed by atoms with E-state index < -0.39 is 6.10 Å². The maximum Gasteiger partial charge on any atom is 0.267 e. The summed E-state index contributed by atoms with van der Waals surface area (Å²) in [5.74, 6) is 0.767. The Balaban J connectivity index is 1.99. The molecule has 1 N–H and O–H groups in total. The van der Waals surface area contributed by atoms with Crippen LogP contribution in [0.25, 0.3) is 0 Å². The number of fused-ring (bicyclic) bond motifs is 1. The normalized spacial score (nSPS) is 17.9. The fraction of sp³-hybridized carbons (Fsp3) is 0.533. The van der Waals surface area contributed by atoms with Crippen molar-refractivity contribution < 1.29 is 14.3 Å². The number of methoxy groups -OCH3 is 1. The molecule has 0 fully saturated rings. The zero-order valence-electron chi connectivity index (χ0n) is 12.3. The average molecular weight is 278 g/mol. The molecule has 2 rings (SSSR count). The zero-order valence-corrected chi connectivity index (χ0v) is 12.3. The number of carbonyl (C=O) groups is 1. The Bertz CT molecular complexity index is 476. The highest BCUT2D eigenvalue weighted by Crippen LogP contribution is 2.33. The minimum absolute atomic E-state index is 0.00660. The molecule has 1 aromatic rings. The lowest BCUT2D eigenvalue weighted by atomic mass is 10.1. The molecule has 1 aliphatic heterocycles. The van der Waals surface area contributed by atoms with Gasteiger partial charge in [-0.25, -0.2) is 0 Å². The molecule has 0 saturated carbocycles. The lowest BCUT2D eigenvalue weighted by Crippen LogP contribution is -2.42. The maximum absolute atomic E-state index is 11.9. The van der Waals surface area contributed by atoms with E-state index in [1.807, 2.05) is 18.2 Å². The van der Waals surface area contributed by atoms with Crippen molar-refractivity contribution in [1.82, 2.24) is 5.32 Å². The van der Waals surface area contributed by atoms with Crippen molar-refractivity contribution in [2.75, 3.05) is 38.8 Å². The van der Waals surface area contributed by atoms with Crippen molar-refractivity contribution in [3.8, 4) is 5.75 Å². The number of nitrogens with one attached hydrogen (secondary N) is 1. The van der Waals surface area contributed by atoms with Crippen molar-refractivity contribution in [1.29, 1.82) is 0 Å². The number of rotatable bonds is 6. The second-order valence-electron chi connectivity index (χ2n) is 4.95. The Morgan fingerprint density at radius 1 is 1.40 bits per heavy atom. The van der Waals surface area contributed by atoms with Gasteiger partial charge in [0.25, 0.3) is 5.91 Å². The summed E-state index contributed by atoms with van der Waals surface area (Å²) in [6.07, 6.45) is 0.503. The second kappa shape index (κ2) is 6.72. The second-order valence-corrected chi connectivity index (χ2v) is 4.95. The summed E-state index contributed by atoms with van der Waals surface area (Å²) in [6.45, 7) is 4.22. The first-order valence-electron chi connectivity index (χ1n) is 6.90. The summed E-state index contributed by atoms with van der Waals surface area (Å²) in [4.78, 5) is 13.6. The smallest absolute Gasteiger partial charge is 0.267 e. The van der Waals surface area contributed by atoms with E-state index >= 15 is 0 Å².